The molecule has 0 fully saturated rings. The Hall–Kier alpha value is -3.67. The Morgan fingerprint density at radius 1 is 0.926 bits per heavy atom. The fraction of sp³-hybridized carbons (Fsp3) is 0.0952. The zero-order chi connectivity index (χ0) is 19.6. The third-order valence-electron chi connectivity index (χ3n) is 3.68. The molecule has 0 amide bonds. The zero-order valence-electron chi connectivity index (χ0n) is 14.8. The lowest BCUT2D eigenvalue weighted by atomic mass is 10.1. The Balaban J connectivity index is 1.87. The number of aryl methyl sites for hydroxylation is 1. The van der Waals surface area contributed by atoms with Crippen LogP contribution in [-0.4, -0.2) is 11.9 Å². The largest absolute Gasteiger partial charge is 0.428 e. The predicted molar refractivity (Wildman–Crippen MR) is 99.1 cm³/mol. The van der Waals surface area contributed by atoms with E-state index >= 15 is 0 Å². The third kappa shape index (κ3) is 4.30. The lowest BCUT2D eigenvalue weighted by Crippen LogP contribution is -2.10. The summed E-state index contributed by atoms with van der Waals surface area (Å²) < 4.78 is 15.3. The molecule has 0 unspecified atom stereocenters. The molecular formula is C21H16O6. The Kier molecular flexibility index (Phi) is 4.90. The number of hydrogen-bond acceptors (Lipinski definition) is 6. The Morgan fingerprint density at radius 3 is 2.37 bits per heavy atom. The number of esters is 2. The van der Waals surface area contributed by atoms with Gasteiger partial charge < -0.3 is 13.9 Å². The molecule has 0 spiro atoms. The first-order chi connectivity index (χ1) is 12.8. The normalized spacial score (nSPS) is 10.4. The molecule has 2 aromatic carbocycles. The summed E-state index contributed by atoms with van der Waals surface area (Å²) >= 11 is 0. The van der Waals surface area contributed by atoms with E-state index in [-0.39, 0.29) is 16.9 Å². The van der Waals surface area contributed by atoms with Crippen LogP contribution in [0.15, 0.2) is 69.9 Å². The van der Waals surface area contributed by atoms with Crippen molar-refractivity contribution < 1.29 is 23.5 Å². The molecule has 136 valence electrons. The van der Waals surface area contributed by atoms with Crippen LogP contribution < -0.4 is 15.1 Å². The van der Waals surface area contributed by atoms with E-state index in [1.807, 2.05) is 0 Å². The van der Waals surface area contributed by atoms with E-state index in [0.29, 0.717) is 16.9 Å². The number of carbonyl (C=O) groups excluding carboxylic acids is 2. The Morgan fingerprint density at radius 2 is 1.67 bits per heavy atom. The van der Waals surface area contributed by atoms with Crippen LogP contribution in [0.25, 0.3) is 10.8 Å². The van der Waals surface area contributed by atoms with Crippen LogP contribution in [0, 0.1) is 6.92 Å². The molecule has 3 aromatic rings. The van der Waals surface area contributed by atoms with Crippen LogP contribution in [0.4, 0.5) is 0 Å². The first kappa shape index (κ1) is 18.1. The highest BCUT2D eigenvalue weighted by molar-refractivity contribution is 5.97. The minimum Gasteiger partial charge on any atom is -0.428 e. The third-order valence-corrected chi connectivity index (χ3v) is 3.68. The summed E-state index contributed by atoms with van der Waals surface area (Å²) in [5, 5.41) is 1.55. The van der Waals surface area contributed by atoms with E-state index in [4.69, 9.17) is 13.9 Å². The Labute approximate surface area is 154 Å². The Bertz CT molecular complexity index is 1120. The van der Waals surface area contributed by atoms with Crippen molar-refractivity contribution in [3.63, 3.8) is 0 Å². The molecule has 0 atom stereocenters. The second-order valence-electron chi connectivity index (χ2n) is 6.01. The zero-order valence-corrected chi connectivity index (χ0v) is 14.8. The monoisotopic (exact) mass is 364 g/mol. The van der Waals surface area contributed by atoms with Crippen molar-refractivity contribution in [2.75, 3.05) is 0 Å². The van der Waals surface area contributed by atoms with E-state index in [1.165, 1.54) is 6.07 Å². The standard InChI is InChI=1S/C21H16O6/c1-12(2)20(23)26-17-7-6-14-4-5-15(9-16(14)10-17)21(24)27-18-8-13(3)25-19(22)11-18/h4-11H,1H2,2-3H3. The van der Waals surface area contributed by atoms with E-state index in [9.17, 15) is 14.4 Å². The molecule has 6 nitrogen and oxygen atoms in total. The maximum absolute atomic E-state index is 12.4. The maximum Gasteiger partial charge on any atom is 0.343 e. The van der Waals surface area contributed by atoms with E-state index in [1.54, 1.807) is 50.2 Å². The SMILES string of the molecule is C=C(C)C(=O)Oc1ccc2ccc(C(=O)Oc3cc(C)oc(=O)c3)cc2c1. The molecular weight excluding hydrogens is 348 g/mol. The first-order valence-corrected chi connectivity index (χ1v) is 8.07. The average molecular weight is 364 g/mol. The van der Waals surface area contributed by atoms with Gasteiger partial charge >= 0.3 is 17.6 Å². The van der Waals surface area contributed by atoms with Gasteiger partial charge in [-0.15, -0.1) is 0 Å². The lowest BCUT2D eigenvalue weighted by molar-refractivity contribution is -0.130. The highest BCUT2D eigenvalue weighted by atomic mass is 16.5. The van der Waals surface area contributed by atoms with Gasteiger partial charge in [-0.3, -0.25) is 0 Å². The van der Waals surface area contributed by atoms with E-state index in [2.05, 4.69) is 6.58 Å². The van der Waals surface area contributed by atoms with Crippen molar-refractivity contribution in [2.45, 2.75) is 13.8 Å². The number of rotatable bonds is 4. The van der Waals surface area contributed by atoms with Gasteiger partial charge in [0.05, 0.1) is 11.6 Å². The van der Waals surface area contributed by atoms with Crippen LogP contribution in [0.1, 0.15) is 23.0 Å². The van der Waals surface area contributed by atoms with Crippen LogP contribution in [0.5, 0.6) is 11.5 Å². The van der Waals surface area contributed by atoms with Crippen LogP contribution in [0.2, 0.25) is 0 Å². The molecule has 0 bridgehead atoms. The smallest absolute Gasteiger partial charge is 0.343 e. The first-order valence-electron chi connectivity index (χ1n) is 8.07. The van der Waals surface area contributed by atoms with E-state index < -0.39 is 17.6 Å². The molecule has 0 aliphatic rings. The van der Waals surface area contributed by atoms with Crippen LogP contribution >= 0.6 is 0 Å². The summed E-state index contributed by atoms with van der Waals surface area (Å²) in [6.45, 7) is 6.68. The van der Waals surface area contributed by atoms with Crippen molar-refractivity contribution in [3.05, 3.63) is 82.4 Å². The van der Waals surface area contributed by atoms with Crippen molar-refractivity contribution in [2.24, 2.45) is 0 Å². The van der Waals surface area contributed by atoms with Crippen molar-refractivity contribution in [1.82, 2.24) is 0 Å². The molecule has 0 N–H and O–H groups in total. The van der Waals surface area contributed by atoms with Crippen molar-refractivity contribution in [1.29, 1.82) is 0 Å². The molecule has 0 aliphatic carbocycles. The number of carbonyl (C=O) groups is 2. The summed E-state index contributed by atoms with van der Waals surface area (Å²) in [5.74, 6) is -0.350. The summed E-state index contributed by atoms with van der Waals surface area (Å²) in [6.07, 6.45) is 0. The van der Waals surface area contributed by atoms with Crippen molar-refractivity contribution in [3.8, 4) is 11.5 Å². The van der Waals surface area contributed by atoms with Gasteiger partial charge in [0.15, 0.2) is 0 Å². The van der Waals surface area contributed by atoms with Gasteiger partial charge in [0.25, 0.3) is 0 Å². The molecule has 0 radical (unpaired) electrons. The molecule has 27 heavy (non-hydrogen) atoms. The summed E-state index contributed by atoms with van der Waals surface area (Å²) in [6, 6.07) is 12.6. The number of ether oxygens (including phenoxy) is 2. The predicted octanol–water partition coefficient (Wildman–Crippen LogP) is 3.80. The van der Waals surface area contributed by atoms with Crippen molar-refractivity contribution >= 4 is 22.7 Å². The molecule has 6 heteroatoms. The topological polar surface area (TPSA) is 82.8 Å². The molecule has 1 aromatic heterocycles. The second kappa shape index (κ2) is 7.29. The highest BCUT2D eigenvalue weighted by Gasteiger charge is 2.12. The van der Waals surface area contributed by atoms with Gasteiger partial charge in [0.1, 0.15) is 17.3 Å². The van der Waals surface area contributed by atoms with Gasteiger partial charge in [0, 0.05) is 11.6 Å². The molecule has 1 heterocycles. The summed E-state index contributed by atoms with van der Waals surface area (Å²) in [4.78, 5) is 35.4. The average Bonchev–Trinajstić information content (AvgIpc) is 2.60. The second-order valence-corrected chi connectivity index (χ2v) is 6.01. The number of hydrogen-bond donors (Lipinski definition) is 0. The minimum absolute atomic E-state index is 0.109. The quantitative estimate of drug-likeness (QED) is 0.398. The maximum atomic E-state index is 12.4. The number of fused-ring (bicyclic) bond motifs is 1. The van der Waals surface area contributed by atoms with Gasteiger partial charge in [-0.25, -0.2) is 14.4 Å². The van der Waals surface area contributed by atoms with Gasteiger partial charge in [-0.2, -0.15) is 0 Å². The van der Waals surface area contributed by atoms with Crippen LogP contribution in [-0.2, 0) is 4.79 Å². The fourth-order valence-electron chi connectivity index (χ4n) is 2.41. The van der Waals surface area contributed by atoms with Gasteiger partial charge in [-0.05, 0) is 48.9 Å². The molecule has 0 aliphatic heterocycles. The molecule has 3 rings (SSSR count). The molecule has 0 saturated heterocycles. The minimum atomic E-state index is -0.619. The lowest BCUT2D eigenvalue weighted by Gasteiger charge is -2.08. The van der Waals surface area contributed by atoms with Gasteiger partial charge in [0.2, 0.25) is 0 Å². The molecule has 0 saturated carbocycles. The van der Waals surface area contributed by atoms with Crippen LogP contribution in [0.3, 0.4) is 0 Å². The summed E-state index contributed by atoms with van der Waals surface area (Å²) in [5.41, 5.74) is -0.0212. The van der Waals surface area contributed by atoms with E-state index in [0.717, 1.165) is 11.5 Å². The van der Waals surface area contributed by atoms with Gasteiger partial charge in [-0.1, -0.05) is 18.7 Å². The highest BCUT2D eigenvalue weighted by Crippen LogP contribution is 2.23. The summed E-state index contributed by atoms with van der Waals surface area (Å²) in [7, 11) is 0. The number of benzene rings is 2. The fourth-order valence-corrected chi connectivity index (χ4v) is 2.41.